The summed E-state index contributed by atoms with van der Waals surface area (Å²) in [5.41, 5.74) is 11.4. The topological polar surface area (TPSA) is 57.8 Å². The van der Waals surface area contributed by atoms with Crippen molar-refractivity contribution in [3.05, 3.63) is 46.0 Å². The summed E-state index contributed by atoms with van der Waals surface area (Å²) < 4.78 is 0. The summed E-state index contributed by atoms with van der Waals surface area (Å²) in [6.07, 6.45) is 1.86. The summed E-state index contributed by atoms with van der Waals surface area (Å²) in [6.45, 7) is 10.7. The number of hydrogen-bond donors (Lipinski definition) is 1. The van der Waals surface area contributed by atoms with Gasteiger partial charge >= 0.3 is 0 Å². The fourth-order valence-electron chi connectivity index (χ4n) is 3.22. The summed E-state index contributed by atoms with van der Waals surface area (Å²) >= 11 is 1.69. The number of guanidine groups is 1. The lowest BCUT2D eigenvalue weighted by Gasteiger charge is -2.35. The Kier molecular flexibility index (Phi) is 7.06. The Bertz CT molecular complexity index is 698. The third kappa shape index (κ3) is 4.84. The van der Waals surface area contributed by atoms with Crippen LogP contribution in [0, 0.1) is 20.8 Å². The molecule has 136 valence electrons. The van der Waals surface area contributed by atoms with Crippen molar-refractivity contribution >= 4 is 46.4 Å². The first-order valence-corrected chi connectivity index (χ1v) is 9.18. The van der Waals surface area contributed by atoms with E-state index in [0.717, 1.165) is 31.3 Å². The number of benzene rings is 1. The Hall–Kier alpha value is -1.35. The molecule has 3 rings (SSSR count). The Morgan fingerprint density at radius 3 is 2.36 bits per heavy atom. The Labute approximate surface area is 171 Å². The van der Waals surface area contributed by atoms with E-state index in [2.05, 4.69) is 52.7 Å². The third-order valence-electron chi connectivity index (χ3n) is 4.53. The smallest absolute Gasteiger partial charge is 0.191 e. The molecule has 0 radical (unpaired) electrons. The number of anilines is 1. The summed E-state index contributed by atoms with van der Waals surface area (Å²) in [5.74, 6) is 0.646. The second kappa shape index (κ2) is 8.84. The van der Waals surface area contributed by atoms with Gasteiger partial charge in [-0.2, -0.15) is 0 Å². The zero-order valence-corrected chi connectivity index (χ0v) is 18.2. The van der Waals surface area contributed by atoms with E-state index < -0.39 is 0 Å². The average molecular weight is 471 g/mol. The van der Waals surface area contributed by atoms with Gasteiger partial charge in [0.05, 0.1) is 6.54 Å². The van der Waals surface area contributed by atoms with Gasteiger partial charge in [-0.05, 0) is 37.5 Å². The number of halogens is 1. The molecule has 1 fully saturated rings. The number of nitrogens with two attached hydrogens (primary N) is 1. The minimum atomic E-state index is 0. The van der Waals surface area contributed by atoms with Gasteiger partial charge < -0.3 is 15.5 Å². The van der Waals surface area contributed by atoms with Crippen LogP contribution in [0.2, 0.25) is 0 Å². The van der Waals surface area contributed by atoms with Gasteiger partial charge in [0.15, 0.2) is 11.1 Å². The van der Waals surface area contributed by atoms with Gasteiger partial charge in [0.25, 0.3) is 0 Å². The zero-order chi connectivity index (χ0) is 17.1. The highest BCUT2D eigenvalue weighted by Gasteiger charge is 2.19. The fourth-order valence-corrected chi connectivity index (χ4v) is 3.92. The van der Waals surface area contributed by atoms with Gasteiger partial charge in [-0.15, -0.1) is 35.3 Å². The normalized spacial score (nSPS) is 15.2. The molecule has 0 saturated carbocycles. The number of rotatable bonds is 3. The highest BCUT2D eigenvalue weighted by molar-refractivity contribution is 14.0. The maximum Gasteiger partial charge on any atom is 0.191 e. The lowest BCUT2D eigenvalue weighted by Crippen LogP contribution is -2.51. The lowest BCUT2D eigenvalue weighted by atomic mass is 10.00. The summed E-state index contributed by atoms with van der Waals surface area (Å²) in [5, 5.41) is 3.11. The molecular weight excluding hydrogens is 445 g/mol. The number of thiazole rings is 1. The van der Waals surface area contributed by atoms with E-state index >= 15 is 0 Å². The molecule has 0 bridgehead atoms. The SMILES string of the molecule is Cc1cc(C)c(CN=C(N)N2CCN(c3nccs3)CC2)c(C)c1.I. The van der Waals surface area contributed by atoms with E-state index in [0.29, 0.717) is 12.5 Å². The minimum Gasteiger partial charge on any atom is -0.370 e. The van der Waals surface area contributed by atoms with E-state index in [1.807, 2.05) is 11.6 Å². The molecule has 1 aromatic carbocycles. The molecule has 25 heavy (non-hydrogen) atoms. The van der Waals surface area contributed by atoms with Crippen molar-refractivity contribution in [3.63, 3.8) is 0 Å². The Balaban J connectivity index is 0.00000225. The van der Waals surface area contributed by atoms with E-state index in [1.54, 1.807) is 11.3 Å². The highest BCUT2D eigenvalue weighted by Crippen LogP contribution is 2.19. The van der Waals surface area contributed by atoms with Gasteiger partial charge in [-0.1, -0.05) is 17.7 Å². The van der Waals surface area contributed by atoms with Crippen molar-refractivity contribution in [1.82, 2.24) is 9.88 Å². The minimum absolute atomic E-state index is 0. The summed E-state index contributed by atoms with van der Waals surface area (Å²) in [6, 6.07) is 4.42. The van der Waals surface area contributed by atoms with Crippen LogP contribution in [0.4, 0.5) is 5.13 Å². The lowest BCUT2D eigenvalue weighted by molar-refractivity contribution is 0.380. The van der Waals surface area contributed by atoms with Crippen LogP contribution in [0.3, 0.4) is 0 Å². The number of nitrogens with zero attached hydrogens (tertiary/aromatic N) is 4. The molecule has 7 heteroatoms. The summed E-state index contributed by atoms with van der Waals surface area (Å²) in [4.78, 5) is 13.5. The molecule has 2 heterocycles. The number of aromatic nitrogens is 1. The number of hydrogen-bond acceptors (Lipinski definition) is 4. The molecule has 1 aliphatic heterocycles. The standard InChI is InChI=1S/C18H25N5S.HI/c1-13-10-14(2)16(15(3)11-13)12-21-17(19)22-5-7-23(8-6-22)18-20-4-9-24-18;/h4,9-11H,5-8,12H2,1-3H3,(H2,19,21);1H. The van der Waals surface area contributed by atoms with Crippen LogP contribution in [0.25, 0.3) is 0 Å². The maximum atomic E-state index is 6.23. The van der Waals surface area contributed by atoms with Gasteiger partial charge in [0.1, 0.15) is 0 Å². The molecule has 1 aliphatic rings. The van der Waals surface area contributed by atoms with Crippen molar-refractivity contribution in [2.45, 2.75) is 27.3 Å². The van der Waals surface area contributed by atoms with E-state index in [9.17, 15) is 0 Å². The quantitative estimate of drug-likeness (QED) is 0.424. The molecule has 0 unspecified atom stereocenters. The molecule has 2 N–H and O–H groups in total. The second-order valence-electron chi connectivity index (χ2n) is 6.34. The molecule has 0 atom stereocenters. The van der Waals surface area contributed by atoms with Crippen molar-refractivity contribution < 1.29 is 0 Å². The van der Waals surface area contributed by atoms with E-state index in [-0.39, 0.29) is 24.0 Å². The zero-order valence-electron chi connectivity index (χ0n) is 15.0. The van der Waals surface area contributed by atoms with Crippen LogP contribution >= 0.6 is 35.3 Å². The van der Waals surface area contributed by atoms with Crippen LogP contribution in [0.15, 0.2) is 28.7 Å². The fraction of sp³-hybridized carbons (Fsp3) is 0.444. The van der Waals surface area contributed by atoms with Crippen LogP contribution < -0.4 is 10.6 Å². The van der Waals surface area contributed by atoms with Crippen LogP contribution in [-0.4, -0.2) is 42.0 Å². The monoisotopic (exact) mass is 471 g/mol. The van der Waals surface area contributed by atoms with Gasteiger partial charge in [-0.25, -0.2) is 9.98 Å². The predicted octanol–water partition coefficient (Wildman–Crippen LogP) is 3.32. The van der Waals surface area contributed by atoms with Crippen molar-refractivity contribution in [3.8, 4) is 0 Å². The first-order chi connectivity index (χ1) is 11.5. The summed E-state index contributed by atoms with van der Waals surface area (Å²) in [7, 11) is 0. The number of aryl methyl sites for hydroxylation is 3. The molecule has 0 aliphatic carbocycles. The van der Waals surface area contributed by atoms with Crippen LogP contribution in [0.5, 0.6) is 0 Å². The molecule has 1 aromatic heterocycles. The molecule has 0 spiro atoms. The predicted molar refractivity (Wildman–Crippen MR) is 117 cm³/mol. The van der Waals surface area contributed by atoms with Crippen molar-refractivity contribution in [2.75, 3.05) is 31.1 Å². The van der Waals surface area contributed by atoms with Crippen LogP contribution in [0.1, 0.15) is 22.3 Å². The van der Waals surface area contributed by atoms with Crippen LogP contribution in [-0.2, 0) is 6.54 Å². The molecule has 5 nitrogen and oxygen atoms in total. The van der Waals surface area contributed by atoms with E-state index in [1.165, 1.54) is 22.3 Å². The third-order valence-corrected chi connectivity index (χ3v) is 5.37. The van der Waals surface area contributed by atoms with E-state index in [4.69, 9.17) is 5.73 Å². The molecule has 2 aromatic rings. The Morgan fingerprint density at radius 1 is 1.16 bits per heavy atom. The Morgan fingerprint density at radius 2 is 1.80 bits per heavy atom. The maximum absolute atomic E-state index is 6.23. The number of piperazine rings is 1. The van der Waals surface area contributed by atoms with Crippen molar-refractivity contribution in [2.24, 2.45) is 10.7 Å². The first-order valence-electron chi connectivity index (χ1n) is 8.30. The van der Waals surface area contributed by atoms with Gasteiger partial charge in [-0.3, -0.25) is 0 Å². The molecule has 0 amide bonds. The molecular formula is C18H26IN5S. The van der Waals surface area contributed by atoms with Crippen molar-refractivity contribution in [1.29, 1.82) is 0 Å². The second-order valence-corrected chi connectivity index (χ2v) is 7.21. The molecule has 1 saturated heterocycles. The average Bonchev–Trinajstić information content (AvgIpc) is 3.08. The van der Waals surface area contributed by atoms with Gasteiger partial charge in [0, 0.05) is 37.8 Å². The van der Waals surface area contributed by atoms with Gasteiger partial charge in [0.2, 0.25) is 0 Å². The number of aliphatic imine (C=N–C) groups is 1. The first kappa shape index (κ1) is 20.0. The largest absolute Gasteiger partial charge is 0.370 e. The highest BCUT2D eigenvalue weighted by atomic mass is 127.